The highest BCUT2D eigenvalue weighted by Gasteiger charge is 2.36. The fraction of sp³-hybridized carbons (Fsp3) is 0.458. The first kappa shape index (κ1) is 20.5. The minimum Gasteiger partial charge on any atom is -0.275 e. The van der Waals surface area contributed by atoms with Crippen LogP contribution in [0, 0.1) is 29.3 Å². The van der Waals surface area contributed by atoms with E-state index in [1.54, 1.807) is 6.07 Å². The predicted octanol–water partition coefficient (Wildman–Crippen LogP) is 7.40. The molecule has 154 valence electrons. The van der Waals surface area contributed by atoms with Gasteiger partial charge < -0.3 is 0 Å². The number of hydrogen-bond donors (Lipinski definition) is 0. The Balaban J connectivity index is 1.68. The maximum absolute atomic E-state index is 15.4. The molecule has 5 heteroatoms. The van der Waals surface area contributed by atoms with Crippen molar-refractivity contribution in [2.75, 3.05) is 0 Å². The summed E-state index contributed by atoms with van der Waals surface area (Å²) in [6.45, 7) is 2.22. The molecule has 1 fully saturated rings. The van der Waals surface area contributed by atoms with Crippen LogP contribution in [0.2, 0.25) is 0 Å². The largest absolute Gasteiger partial charge is 0.275 e. The fourth-order valence-electron chi connectivity index (χ4n) is 5.47. The highest BCUT2D eigenvalue weighted by atomic mass is 35.5. The molecule has 0 bridgehead atoms. The van der Waals surface area contributed by atoms with Crippen LogP contribution in [0.1, 0.15) is 72.9 Å². The predicted molar refractivity (Wildman–Crippen MR) is 109 cm³/mol. The molecule has 2 aromatic carbocycles. The summed E-state index contributed by atoms with van der Waals surface area (Å²) in [7, 11) is 0. The zero-order valence-corrected chi connectivity index (χ0v) is 17.2. The van der Waals surface area contributed by atoms with E-state index in [4.69, 9.17) is 11.6 Å². The second-order valence-electron chi connectivity index (χ2n) is 8.46. The van der Waals surface area contributed by atoms with Crippen molar-refractivity contribution in [3.05, 3.63) is 58.4 Å². The quantitative estimate of drug-likeness (QED) is 0.471. The van der Waals surface area contributed by atoms with Gasteiger partial charge in [0.2, 0.25) is 0 Å². The minimum absolute atomic E-state index is 0.0794. The third-order valence-electron chi connectivity index (χ3n) is 6.78. The van der Waals surface area contributed by atoms with Gasteiger partial charge >= 0.3 is 0 Å². The molecule has 1 saturated carbocycles. The number of fused-ring (bicyclic) bond motifs is 3. The molecule has 0 radical (unpaired) electrons. The molecular formula is C24H24ClF3O. The summed E-state index contributed by atoms with van der Waals surface area (Å²) in [4.78, 5) is 11.2. The van der Waals surface area contributed by atoms with E-state index in [-0.39, 0.29) is 11.1 Å². The number of benzene rings is 2. The minimum atomic E-state index is -1.21. The van der Waals surface area contributed by atoms with Crippen LogP contribution in [0.4, 0.5) is 13.2 Å². The number of carbonyl (C=O) groups is 1. The van der Waals surface area contributed by atoms with Crippen LogP contribution in [0.15, 0.2) is 24.3 Å². The molecule has 0 N–H and O–H groups in total. The van der Waals surface area contributed by atoms with Crippen LogP contribution in [-0.4, -0.2) is 5.24 Å². The van der Waals surface area contributed by atoms with Gasteiger partial charge in [0.15, 0.2) is 0 Å². The molecule has 4 rings (SSSR count). The highest BCUT2D eigenvalue weighted by Crippen LogP contribution is 2.49. The van der Waals surface area contributed by atoms with E-state index in [1.165, 1.54) is 25.7 Å². The molecule has 0 heterocycles. The molecule has 0 aliphatic heterocycles. The van der Waals surface area contributed by atoms with Crippen LogP contribution in [-0.2, 0) is 6.42 Å². The number of halogens is 4. The van der Waals surface area contributed by atoms with Gasteiger partial charge in [-0.3, -0.25) is 4.79 Å². The molecule has 2 aromatic rings. The summed E-state index contributed by atoms with van der Waals surface area (Å²) in [6.07, 6.45) is 7.56. The van der Waals surface area contributed by atoms with Crippen molar-refractivity contribution in [3.63, 3.8) is 0 Å². The molecule has 0 aromatic heterocycles. The van der Waals surface area contributed by atoms with Gasteiger partial charge in [-0.2, -0.15) is 0 Å². The summed E-state index contributed by atoms with van der Waals surface area (Å²) in [6, 6.07) is 5.50. The standard InChI is InChI=1S/C24H24ClF3O/c1-2-3-13-4-6-16-14(10-13)5-7-19-18(16)9-8-17(23(19)28)15-11-20(26)22(24(25)29)21(27)12-15/h8-9,11-14,16H,2-7,10H2,1H3. The Morgan fingerprint density at radius 2 is 1.83 bits per heavy atom. The van der Waals surface area contributed by atoms with Gasteiger partial charge in [-0.05, 0) is 90.3 Å². The maximum atomic E-state index is 15.4. The van der Waals surface area contributed by atoms with Gasteiger partial charge in [0, 0.05) is 5.56 Å². The molecule has 29 heavy (non-hydrogen) atoms. The van der Waals surface area contributed by atoms with Crippen molar-refractivity contribution in [2.24, 2.45) is 11.8 Å². The summed E-state index contributed by atoms with van der Waals surface area (Å²) < 4.78 is 43.7. The zero-order chi connectivity index (χ0) is 20.7. The van der Waals surface area contributed by atoms with Crippen LogP contribution in [0.5, 0.6) is 0 Å². The lowest BCUT2D eigenvalue weighted by Crippen LogP contribution is -2.28. The Bertz CT molecular complexity index is 932. The molecular weight excluding hydrogens is 397 g/mol. The van der Waals surface area contributed by atoms with Crippen molar-refractivity contribution >= 4 is 16.8 Å². The molecule has 0 amide bonds. The summed E-state index contributed by atoms with van der Waals surface area (Å²) in [5, 5.41) is -1.21. The van der Waals surface area contributed by atoms with Gasteiger partial charge in [-0.15, -0.1) is 0 Å². The monoisotopic (exact) mass is 420 g/mol. The van der Waals surface area contributed by atoms with Crippen LogP contribution >= 0.6 is 11.6 Å². The first-order valence-electron chi connectivity index (χ1n) is 10.4. The molecule has 0 spiro atoms. The Kier molecular flexibility index (Phi) is 5.74. The van der Waals surface area contributed by atoms with Crippen molar-refractivity contribution < 1.29 is 18.0 Å². The van der Waals surface area contributed by atoms with Gasteiger partial charge in [-0.25, -0.2) is 13.2 Å². The molecule has 1 nitrogen and oxygen atoms in total. The molecule has 2 aliphatic carbocycles. The average Bonchev–Trinajstić information content (AvgIpc) is 2.67. The summed E-state index contributed by atoms with van der Waals surface area (Å²) in [5.41, 5.74) is 1.17. The maximum Gasteiger partial charge on any atom is 0.258 e. The van der Waals surface area contributed by atoms with Crippen molar-refractivity contribution in [1.82, 2.24) is 0 Å². The lowest BCUT2D eigenvalue weighted by Gasteiger charge is -2.41. The normalized spacial score (nSPS) is 23.4. The smallest absolute Gasteiger partial charge is 0.258 e. The zero-order valence-electron chi connectivity index (χ0n) is 16.4. The van der Waals surface area contributed by atoms with E-state index in [1.807, 2.05) is 6.07 Å². The highest BCUT2D eigenvalue weighted by molar-refractivity contribution is 6.67. The third kappa shape index (κ3) is 3.72. The molecule has 2 aliphatic rings. The fourth-order valence-corrected chi connectivity index (χ4v) is 5.65. The lowest BCUT2D eigenvalue weighted by atomic mass is 9.64. The van der Waals surface area contributed by atoms with Gasteiger partial charge in [0.05, 0.1) is 0 Å². The summed E-state index contributed by atoms with van der Waals surface area (Å²) >= 11 is 5.24. The van der Waals surface area contributed by atoms with Crippen molar-refractivity contribution in [3.8, 4) is 11.1 Å². The van der Waals surface area contributed by atoms with Gasteiger partial charge in [0.1, 0.15) is 23.0 Å². The molecule has 3 unspecified atom stereocenters. The number of hydrogen-bond acceptors (Lipinski definition) is 1. The topological polar surface area (TPSA) is 17.1 Å². The SMILES string of the molecule is CCCC1CCC2c3ccc(-c4cc(F)c(C(=O)Cl)c(F)c4)c(F)c3CCC2C1. The van der Waals surface area contributed by atoms with E-state index in [0.29, 0.717) is 23.8 Å². The lowest BCUT2D eigenvalue weighted by molar-refractivity contribution is 0.107. The second kappa shape index (κ2) is 8.14. The first-order chi connectivity index (χ1) is 13.9. The number of rotatable bonds is 4. The Morgan fingerprint density at radius 3 is 2.48 bits per heavy atom. The van der Waals surface area contributed by atoms with E-state index < -0.39 is 28.3 Å². The summed E-state index contributed by atoms with van der Waals surface area (Å²) in [5.74, 6) is -0.804. The molecule has 0 saturated heterocycles. The average molecular weight is 421 g/mol. The van der Waals surface area contributed by atoms with E-state index in [9.17, 15) is 13.6 Å². The van der Waals surface area contributed by atoms with Crippen molar-refractivity contribution in [2.45, 2.75) is 57.8 Å². The van der Waals surface area contributed by atoms with E-state index >= 15 is 4.39 Å². The van der Waals surface area contributed by atoms with Crippen LogP contribution in [0.3, 0.4) is 0 Å². The molecule has 3 atom stereocenters. The van der Waals surface area contributed by atoms with E-state index in [0.717, 1.165) is 36.5 Å². The van der Waals surface area contributed by atoms with Gasteiger partial charge in [0.25, 0.3) is 5.24 Å². The third-order valence-corrected chi connectivity index (χ3v) is 6.97. The Morgan fingerprint density at radius 1 is 1.10 bits per heavy atom. The second-order valence-corrected chi connectivity index (χ2v) is 8.80. The van der Waals surface area contributed by atoms with Crippen molar-refractivity contribution in [1.29, 1.82) is 0 Å². The van der Waals surface area contributed by atoms with Crippen LogP contribution < -0.4 is 0 Å². The van der Waals surface area contributed by atoms with Crippen LogP contribution in [0.25, 0.3) is 11.1 Å². The number of carbonyl (C=O) groups excluding carboxylic acids is 1. The first-order valence-corrected chi connectivity index (χ1v) is 10.8. The van der Waals surface area contributed by atoms with E-state index in [2.05, 4.69) is 6.92 Å². The van der Waals surface area contributed by atoms with Gasteiger partial charge in [-0.1, -0.05) is 31.9 Å². The Hall–Kier alpha value is -1.81. The Labute approximate surface area is 174 Å².